The van der Waals surface area contributed by atoms with Gasteiger partial charge < -0.3 is 5.11 Å². The molecule has 0 saturated carbocycles. The van der Waals surface area contributed by atoms with E-state index in [1.165, 1.54) is 12.1 Å². The predicted octanol–water partition coefficient (Wildman–Crippen LogP) is 3.43. The summed E-state index contributed by atoms with van der Waals surface area (Å²) in [4.78, 5) is 10.8. The SMILES string of the molecule is Cc1ccc(CC(=O)O)c(-c2cccc(F)c2)c1. The smallest absolute Gasteiger partial charge is 0.307 e. The fourth-order valence-electron chi connectivity index (χ4n) is 1.93. The molecule has 0 spiro atoms. The van der Waals surface area contributed by atoms with E-state index in [1.54, 1.807) is 18.2 Å². The van der Waals surface area contributed by atoms with Crippen molar-refractivity contribution in [3.63, 3.8) is 0 Å². The van der Waals surface area contributed by atoms with Crippen molar-refractivity contribution in [2.24, 2.45) is 0 Å². The summed E-state index contributed by atoms with van der Waals surface area (Å²) in [6, 6.07) is 11.7. The first-order valence-electron chi connectivity index (χ1n) is 5.63. The molecule has 92 valence electrons. The summed E-state index contributed by atoms with van der Waals surface area (Å²) in [6.07, 6.45) is -0.0634. The molecular formula is C15H13FO2. The Labute approximate surface area is 105 Å². The molecule has 3 heteroatoms. The monoisotopic (exact) mass is 244 g/mol. The van der Waals surface area contributed by atoms with Crippen LogP contribution in [0, 0.1) is 12.7 Å². The molecule has 2 rings (SSSR count). The van der Waals surface area contributed by atoms with Gasteiger partial charge in [0.15, 0.2) is 0 Å². The molecule has 0 bridgehead atoms. The van der Waals surface area contributed by atoms with Gasteiger partial charge in [-0.3, -0.25) is 4.79 Å². The van der Waals surface area contributed by atoms with Gasteiger partial charge >= 0.3 is 5.97 Å². The van der Waals surface area contributed by atoms with Crippen molar-refractivity contribution in [1.82, 2.24) is 0 Å². The molecule has 0 aliphatic carbocycles. The highest BCUT2D eigenvalue weighted by Crippen LogP contribution is 2.26. The summed E-state index contributed by atoms with van der Waals surface area (Å²) in [7, 11) is 0. The lowest BCUT2D eigenvalue weighted by molar-refractivity contribution is -0.136. The third-order valence-corrected chi connectivity index (χ3v) is 2.74. The number of hydrogen-bond donors (Lipinski definition) is 1. The number of carboxylic acid groups (broad SMARTS) is 1. The molecule has 0 amide bonds. The Morgan fingerprint density at radius 3 is 2.67 bits per heavy atom. The van der Waals surface area contributed by atoms with Gasteiger partial charge in [-0.1, -0.05) is 35.9 Å². The maximum Gasteiger partial charge on any atom is 0.307 e. The second-order valence-corrected chi connectivity index (χ2v) is 4.24. The van der Waals surface area contributed by atoms with Crippen molar-refractivity contribution in [2.75, 3.05) is 0 Å². The van der Waals surface area contributed by atoms with Crippen LogP contribution in [0.5, 0.6) is 0 Å². The Hall–Kier alpha value is -2.16. The molecule has 2 nitrogen and oxygen atoms in total. The van der Waals surface area contributed by atoms with Crippen LogP contribution in [-0.4, -0.2) is 11.1 Å². The fraction of sp³-hybridized carbons (Fsp3) is 0.133. The van der Waals surface area contributed by atoms with Crippen LogP contribution in [0.3, 0.4) is 0 Å². The Balaban J connectivity index is 2.54. The van der Waals surface area contributed by atoms with Gasteiger partial charge in [0, 0.05) is 0 Å². The quantitative estimate of drug-likeness (QED) is 0.898. The highest BCUT2D eigenvalue weighted by Gasteiger charge is 2.09. The maximum absolute atomic E-state index is 13.2. The molecule has 0 aromatic heterocycles. The second kappa shape index (κ2) is 5.00. The molecule has 18 heavy (non-hydrogen) atoms. The van der Waals surface area contributed by atoms with E-state index in [-0.39, 0.29) is 12.2 Å². The molecule has 1 N–H and O–H groups in total. The van der Waals surface area contributed by atoms with Crippen LogP contribution >= 0.6 is 0 Å². The van der Waals surface area contributed by atoms with Crippen molar-refractivity contribution in [3.8, 4) is 11.1 Å². The number of carbonyl (C=O) groups is 1. The predicted molar refractivity (Wildman–Crippen MR) is 67.9 cm³/mol. The van der Waals surface area contributed by atoms with E-state index in [9.17, 15) is 9.18 Å². The van der Waals surface area contributed by atoms with Crippen molar-refractivity contribution >= 4 is 5.97 Å². The van der Waals surface area contributed by atoms with Crippen molar-refractivity contribution in [3.05, 3.63) is 59.4 Å². The largest absolute Gasteiger partial charge is 0.481 e. The topological polar surface area (TPSA) is 37.3 Å². The number of aryl methyl sites for hydroxylation is 1. The third-order valence-electron chi connectivity index (χ3n) is 2.74. The minimum absolute atomic E-state index is 0.0634. The molecule has 0 fully saturated rings. The lowest BCUT2D eigenvalue weighted by Crippen LogP contribution is -2.02. The van der Waals surface area contributed by atoms with E-state index in [0.717, 1.165) is 11.1 Å². The van der Waals surface area contributed by atoms with Gasteiger partial charge in [-0.2, -0.15) is 0 Å². The Morgan fingerprint density at radius 2 is 2.00 bits per heavy atom. The molecule has 0 atom stereocenters. The first-order chi connectivity index (χ1) is 8.56. The standard InChI is InChI=1S/C15H13FO2/c1-10-5-6-12(9-15(17)18)14(7-10)11-3-2-4-13(16)8-11/h2-8H,9H2,1H3,(H,17,18). The minimum atomic E-state index is -0.892. The number of rotatable bonds is 3. The highest BCUT2D eigenvalue weighted by atomic mass is 19.1. The van der Waals surface area contributed by atoms with Gasteiger partial charge in [0.2, 0.25) is 0 Å². The van der Waals surface area contributed by atoms with Gasteiger partial charge in [0.05, 0.1) is 6.42 Å². The average Bonchev–Trinajstić information content (AvgIpc) is 2.31. The average molecular weight is 244 g/mol. The summed E-state index contributed by atoms with van der Waals surface area (Å²) in [5, 5.41) is 8.89. The number of aliphatic carboxylic acids is 1. The van der Waals surface area contributed by atoms with E-state index in [4.69, 9.17) is 5.11 Å². The summed E-state index contributed by atoms with van der Waals surface area (Å²) in [6.45, 7) is 1.92. The van der Waals surface area contributed by atoms with Crippen LogP contribution in [0.15, 0.2) is 42.5 Å². The Morgan fingerprint density at radius 1 is 1.22 bits per heavy atom. The zero-order chi connectivity index (χ0) is 13.1. The van der Waals surface area contributed by atoms with Gasteiger partial charge in [-0.25, -0.2) is 4.39 Å². The van der Waals surface area contributed by atoms with Crippen LogP contribution < -0.4 is 0 Å². The van der Waals surface area contributed by atoms with Crippen LogP contribution in [0.25, 0.3) is 11.1 Å². The second-order valence-electron chi connectivity index (χ2n) is 4.24. The number of hydrogen-bond acceptors (Lipinski definition) is 1. The summed E-state index contributed by atoms with van der Waals surface area (Å²) >= 11 is 0. The highest BCUT2D eigenvalue weighted by molar-refractivity contribution is 5.77. The zero-order valence-electron chi connectivity index (χ0n) is 9.98. The summed E-state index contributed by atoms with van der Waals surface area (Å²) in [5.41, 5.74) is 3.19. The summed E-state index contributed by atoms with van der Waals surface area (Å²) < 4.78 is 13.2. The van der Waals surface area contributed by atoms with Crippen LogP contribution in [0.1, 0.15) is 11.1 Å². The number of halogens is 1. The molecule has 0 aliphatic rings. The number of benzene rings is 2. The Kier molecular flexibility index (Phi) is 3.42. The van der Waals surface area contributed by atoms with Gasteiger partial charge in [-0.15, -0.1) is 0 Å². The van der Waals surface area contributed by atoms with Crippen LogP contribution in [0.2, 0.25) is 0 Å². The van der Waals surface area contributed by atoms with E-state index >= 15 is 0 Å². The van der Waals surface area contributed by atoms with Crippen LogP contribution in [-0.2, 0) is 11.2 Å². The zero-order valence-corrected chi connectivity index (χ0v) is 9.98. The lowest BCUT2D eigenvalue weighted by Gasteiger charge is -2.09. The van der Waals surface area contributed by atoms with Gasteiger partial charge in [0.25, 0.3) is 0 Å². The van der Waals surface area contributed by atoms with Crippen molar-refractivity contribution in [1.29, 1.82) is 0 Å². The first-order valence-corrected chi connectivity index (χ1v) is 5.63. The summed E-state index contributed by atoms with van der Waals surface area (Å²) in [5.74, 6) is -1.22. The molecule has 2 aromatic carbocycles. The van der Waals surface area contributed by atoms with E-state index in [1.807, 2.05) is 19.1 Å². The van der Waals surface area contributed by atoms with Crippen molar-refractivity contribution < 1.29 is 14.3 Å². The fourth-order valence-corrected chi connectivity index (χ4v) is 1.93. The molecule has 0 saturated heterocycles. The van der Waals surface area contributed by atoms with Gasteiger partial charge in [-0.05, 0) is 35.7 Å². The normalized spacial score (nSPS) is 10.3. The molecular weight excluding hydrogens is 231 g/mol. The van der Waals surface area contributed by atoms with Crippen molar-refractivity contribution in [2.45, 2.75) is 13.3 Å². The molecule has 0 heterocycles. The van der Waals surface area contributed by atoms with Crippen LogP contribution in [0.4, 0.5) is 4.39 Å². The maximum atomic E-state index is 13.2. The Bertz CT molecular complexity index is 591. The third kappa shape index (κ3) is 2.74. The lowest BCUT2D eigenvalue weighted by atomic mass is 9.96. The first kappa shape index (κ1) is 12.3. The number of carboxylic acids is 1. The molecule has 0 unspecified atom stereocenters. The van der Waals surface area contributed by atoms with E-state index < -0.39 is 5.97 Å². The molecule has 0 radical (unpaired) electrons. The minimum Gasteiger partial charge on any atom is -0.481 e. The van der Waals surface area contributed by atoms with Gasteiger partial charge in [0.1, 0.15) is 5.82 Å². The molecule has 2 aromatic rings. The van der Waals surface area contributed by atoms with E-state index in [0.29, 0.717) is 11.1 Å². The molecule has 0 aliphatic heterocycles. The van der Waals surface area contributed by atoms with E-state index in [2.05, 4.69) is 0 Å².